The number of nitrogens with zero attached hydrogens (tertiary/aromatic N) is 3. The Morgan fingerprint density at radius 3 is 2.58 bits per heavy atom. The molecule has 0 saturated carbocycles. The van der Waals surface area contributed by atoms with Crippen LogP contribution in [0.4, 0.5) is 23.0 Å². The average Bonchev–Trinajstić information content (AvgIpc) is 2.81. The summed E-state index contributed by atoms with van der Waals surface area (Å²) in [6.45, 7) is 0.647. The molecule has 4 N–H and O–H groups in total. The van der Waals surface area contributed by atoms with Crippen molar-refractivity contribution in [2.75, 3.05) is 37.1 Å². The smallest absolute Gasteiger partial charge is 0.160 e. The van der Waals surface area contributed by atoms with Crippen molar-refractivity contribution < 1.29 is 9.47 Å². The van der Waals surface area contributed by atoms with Crippen molar-refractivity contribution >= 4 is 33.9 Å². The molecule has 2 aromatic heterocycles. The maximum Gasteiger partial charge on any atom is 0.160 e. The number of ether oxygens (including phenoxy) is 2. The molecule has 0 saturated heterocycles. The van der Waals surface area contributed by atoms with Crippen LogP contribution in [0.3, 0.4) is 0 Å². The largest absolute Gasteiger partial charge is 0.493 e. The summed E-state index contributed by atoms with van der Waals surface area (Å²) in [4.78, 5) is 13.0. The molecule has 0 amide bonds. The van der Waals surface area contributed by atoms with Gasteiger partial charge in [0.05, 0.1) is 19.7 Å². The molecule has 0 bridgehead atoms. The van der Waals surface area contributed by atoms with Crippen LogP contribution in [-0.4, -0.2) is 35.7 Å². The predicted octanol–water partition coefficient (Wildman–Crippen LogP) is 4.02. The van der Waals surface area contributed by atoms with Gasteiger partial charge in [-0.05, 0) is 48.4 Å². The second kappa shape index (κ2) is 9.17. The minimum atomic E-state index is 0.454. The normalized spacial score (nSPS) is 10.6. The molecule has 0 spiro atoms. The molecule has 0 unspecified atom stereocenters. The number of anilines is 4. The summed E-state index contributed by atoms with van der Waals surface area (Å²) in [5, 5.41) is 7.59. The van der Waals surface area contributed by atoms with E-state index in [2.05, 4.69) is 25.6 Å². The topological polar surface area (TPSA) is 107 Å². The Labute approximate surface area is 180 Å². The van der Waals surface area contributed by atoms with Crippen molar-refractivity contribution in [3.63, 3.8) is 0 Å². The fourth-order valence-electron chi connectivity index (χ4n) is 3.34. The number of nitrogens with one attached hydrogen (secondary N) is 2. The van der Waals surface area contributed by atoms with Gasteiger partial charge in [0.1, 0.15) is 12.0 Å². The van der Waals surface area contributed by atoms with E-state index in [1.165, 1.54) is 6.33 Å². The monoisotopic (exact) mass is 416 g/mol. The van der Waals surface area contributed by atoms with Crippen LogP contribution < -0.4 is 25.8 Å². The molecule has 2 heterocycles. The van der Waals surface area contributed by atoms with E-state index in [4.69, 9.17) is 15.2 Å². The predicted molar refractivity (Wildman–Crippen MR) is 123 cm³/mol. The summed E-state index contributed by atoms with van der Waals surface area (Å²) in [5.74, 6) is 2.53. The fraction of sp³-hybridized carbons (Fsp3) is 0.174. The Hall–Kier alpha value is -4.07. The summed E-state index contributed by atoms with van der Waals surface area (Å²) in [5.41, 5.74) is 9.68. The number of methoxy groups -OCH3 is 2. The van der Waals surface area contributed by atoms with Crippen LogP contribution in [0.25, 0.3) is 10.9 Å². The van der Waals surface area contributed by atoms with E-state index < -0.39 is 0 Å². The zero-order valence-corrected chi connectivity index (χ0v) is 17.4. The maximum atomic E-state index is 6.34. The Morgan fingerprint density at radius 2 is 1.74 bits per heavy atom. The highest BCUT2D eigenvalue weighted by molar-refractivity contribution is 5.94. The zero-order chi connectivity index (χ0) is 21.6. The van der Waals surface area contributed by atoms with E-state index in [1.807, 2.05) is 48.5 Å². The first-order valence-corrected chi connectivity index (χ1v) is 9.85. The zero-order valence-electron chi connectivity index (χ0n) is 17.4. The molecule has 0 radical (unpaired) electrons. The highest BCUT2D eigenvalue weighted by atomic mass is 16.5. The molecule has 4 rings (SSSR count). The van der Waals surface area contributed by atoms with Gasteiger partial charge in [-0.1, -0.05) is 12.1 Å². The summed E-state index contributed by atoms with van der Waals surface area (Å²) < 4.78 is 10.6. The van der Waals surface area contributed by atoms with Crippen molar-refractivity contribution in [1.82, 2.24) is 15.0 Å². The maximum absolute atomic E-state index is 6.34. The van der Waals surface area contributed by atoms with Crippen LogP contribution >= 0.6 is 0 Å². The number of pyridine rings is 1. The number of nitrogens with two attached hydrogens (primary N) is 1. The van der Waals surface area contributed by atoms with E-state index in [1.54, 1.807) is 20.4 Å². The van der Waals surface area contributed by atoms with Crippen molar-refractivity contribution in [1.29, 1.82) is 0 Å². The second-order valence-corrected chi connectivity index (χ2v) is 6.85. The van der Waals surface area contributed by atoms with Crippen molar-refractivity contribution in [2.24, 2.45) is 0 Å². The quantitative estimate of drug-likeness (QED) is 0.395. The van der Waals surface area contributed by atoms with E-state index in [0.717, 1.165) is 28.6 Å². The van der Waals surface area contributed by atoms with Crippen LogP contribution in [0.2, 0.25) is 0 Å². The van der Waals surface area contributed by atoms with Gasteiger partial charge < -0.3 is 25.8 Å². The molecule has 0 fully saturated rings. The highest BCUT2D eigenvalue weighted by Gasteiger charge is 2.10. The number of benzene rings is 2. The molecule has 31 heavy (non-hydrogen) atoms. The van der Waals surface area contributed by atoms with Crippen molar-refractivity contribution in [3.8, 4) is 11.5 Å². The van der Waals surface area contributed by atoms with Gasteiger partial charge in [0.25, 0.3) is 0 Å². The minimum Gasteiger partial charge on any atom is -0.493 e. The summed E-state index contributed by atoms with van der Waals surface area (Å²) in [6.07, 6.45) is 4.02. The molecular weight excluding hydrogens is 392 g/mol. The number of aromatic nitrogens is 3. The lowest BCUT2D eigenvalue weighted by Gasteiger charge is -2.14. The lowest BCUT2D eigenvalue weighted by molar-refractivity contribution is 0.354. The Morgan fingerprint density at radius 1 is 0.903 bits per heavy atom. The third-order valence-corrected chi connectivity index (χ3v) is 4.94. The molecule has 0 aliphatic rings. The van der Waals surface area contributed by atoms with Gasteiger partial charge in [0, 0.05) is 23.8 Å². The van der Waals surface area contributed by atoms with Crippen molar-refractivity contribution in [2.45, 2.75) is 6.42 Å². The molecule has 8 nitrogen and oxygen atoms in total. The fourth-order valence-corrected chi connectivity index (χ4v) is 3.34. The van der Waals surface area contributed by atoms with E-state index >= 15 is 0 Å². The molecule has 4 aromatic rings. The Balaban J connectivity index is 1.47. The molecule has 0 aliphatic carbocycles. The first-order valence-electron chi connectivity index (χ1n) is 9.85. The van der Waals surface area contributed by atoms with Gasteiger partial charge in [-0.3, -0.25) is 4.98 Å². The minimum absolute atomic E-state index is 0.454. The van der Waals surface area contributed by atoms with Gasteiger partial charge in [0.15, 0.2) is 23.1 Å². The van der Waals surface area contributed by atoms with Gasteiger partial charge in [0.2, 0.25) is 0 Å². The molecule has 158 valence electrons. The third-order valence-electron chi connectivity index (χ3n) is 4.94. The van der Waals surface area contributed by atoms with Gasteiger partial charge in [-0.2, -0.15) is 0 Å². The number of rotatable bonds is 8. The molecular formula is C23H24N6O2. The number of hydrogen-bond donors (Lipinski definition) is 3. The van der Waals surface area contributed by atoms with E-state index in [0.29, 0.717) is 35.4 Å². The standard InChI is InChI=1S/C23H24N6O2/c1-30-19-9-8-15(13-20(19)31-2)10-12-26-22-21(24)23(28-14-27-22)29-18-7-3-6-17-16(18)5-4-11-25-17/h3-9,11,13-14H,10,12,24H2,1-2H3,(H2,26,27,28,29). The number of hydrogen-bond acceptors (Lipinski definition) is 8. The SMILES string of the molecule is COc1ccc(CCNc2ncnc(Nc3cccc4ncccc34)c2N)cc1OC. The number of nitrogen functional groups attached to an aromatic ring is 1. The van der Waals surface area contributed by atoms with Crippen LogP contribution in [0.15, 0.2) is 61.1 Å². The van der Waals surface area contributed by atoms with Gasteiger partial charge in [-0.15, -0.1) is 0 Å². The molecule has 0 atom stereocenters. The highest BCUT2D eigenvalue weighted by Crippen LogP contribution is 2.30. The van der Waals surface area contributed by atoms with Gasteiger partial charge >= 0.3 is 0 Å². The first-order chi connectivity index (χ1) is 15.2. The van der Waals surface area contributed by atoms with Crippen LogP contribution in [-0.2, 0) is 6.42 Å². The number of fused-ring (bicyclic) bond motifs is 1. The second-order valence-electron chi connectivity index (χ2n) is 6.85. The van der Waals surface area contributed by atoms with Gasteiger partial charge in [-0.25, -0.2) is 9.97 Å². The summed E-state index contributed by atoms with van der Waals surface area (Å²) in [6, 6.07) is 15.6. The lowest BCUT2D eigenvalue weighted by atomic mass is 10.1. The summed E-state index contributed by atoms with van der Waals surface area (Å²) in [7, 11) is 3.25. The van der Waals surface area contributed by atoms with Crippen LogP contribution in [0.1, 0.15) is 5.56 Å². The molecule has 2 aromatic carbocycles. The molecule has 0 aliphatic heterocycles. The van der Waals surface area contributed by atoms with E-state index in [9.17, 15) is 0 Å². The Kier molecular flexibility index (Phi) is 5.98. The molecule has 8 heteroatoms. The van der Waals surface area contributed by atoms with E-state index in [-0.39, 0.29) is 0 Å². The Bertz CT molecular complexity index is 1190. The third kappa shape index (κ3) is 4.42. The summed E-state index contributed by atoms with van der Waals surface area (Å²) >= 11 is 0. The van der Waals surface area contributed by atoms with Crippen LogP contribution in [0.5, 0.6) is 11.5 Å². The first kappa shape index (κ1) is 20.2. The van der Waals surface area contributed by atoms with Crippen molar-refractivity contribution in [3.05, 3.63) is 66.6 Å². The lowest BCUT2D eigenvalue weighted by Crippen LogP contribution is -2.11. The van der Waals surface area contributed by atoms with Crippen LogP contribution in [0, 0.1) is 0 Å². The average molecular weight is 416 g/mol.